The number of amides is 1. The van der Waals surface area contributed by atoms with Crippen molar-refractivity contribution in [3.05, 3.63) is 29.8 Å². The van der Waals surface area contributed by atoms with Crippen molar-refractivity contribution in [2.75, 3.05) is 13.2 Å². The number of carbonyl (C=O) groups excluding carboxylic acids is 1. The standard InChI is InChI=1S/C14H21NO7/c16-7-10(18)11(19)12(20)13(21)14(22)15-6-5-8-1-3-9(17)4-2-8/h1-4,10-13,16-21H,5-7H2,(H,15,22)/t10-,11-,12+,13-/m1/s1. The van der Waals surface area contributed by atoms with E-state index in [0.29, 0.717) is 6.42 Å². The Hall–Kier alpha value is -1.71. The third kappa shape index (κ3) is 5.24. The molecule has 0 fully saturated rings. The first kappa shape index (κ1) is 18.3. The van der Waals surface area contributed by atoms with Crippen molar-refractivity contribution in [2.24, 2.45) is 0 Å². The molecule has 8 nitrogen and oxygen atoms in total. The number of aromatic hydroxyl groups is 1. The molecule has 0 radical (unpaired) electrons. The average molecular weight is 315 g/mol. The van der Waals surface area contributed by atoms with E-state index in [9.17, 15) is 20.1 Å². The number of phenolic OH excluding ortho intramolecular Hbond substituents is 1. The summed E-state index contributed by atoms with van der Waals surface area (Å²) in [5, 5.41) is 57.8. The van der Waals surface area contributed by atoms with Crippen LogP contribution in [0.3, 0.4) is 0 Å². The van der Waals surface area contributed by atoms with E-state index in [4.69, 9.17) is 15.3 Å². The zero-order valence-corrected chi connectivity index (χ0v) is 11.8. The minimum Gasteiger partial charge on any atom is -0.508 e. The predicted octanol–water partition coefficient (Wildman–Crippen LogP) is -2.51. The lowest BCUT2D eigenvalue weighted by Gasteiger charge is -2.24. The van der Waals surface area contributed by atoms with Crippen molar-refractivity contribution in [1.82, 2.24) is 5.32 Å². The van der Waals surface area contributed by atoms with Gasteiger partial charge in [-0.05, 0) is 24.1 Å². The number of aliphatic hydroxyl groups excluding tert-OH is 5. The maximum Gasteiger partial charge on any atom is 0.251 e. The van der Waals surface area contributed by atoms with Gasteiger partial charge in [-0.2, -0.15) is 0 Å². The van der Waals surface area contributed by atoms with Crippen LogP contribution in [0.2, 0.25) is 0 Å². The van der Waals surface area contributed by atoms with Crippen LogP contribution in [0, 0.1) is 0 Å². The van der Waals surface area contributed by atoms with E-state index >= 15 is 0 Å². The number of benzene rings is 1. The molecule has 124 valence electrons. The smallest absolute Gasteiger partial charge is 0.251 e. The van der Waals surface area contributed by atoms with Crippen molar-refractivity contribution in [3.63, 3.8) is 0 Å². The monoisotopic (exact) mass is 315 g/mol. The minimum atomic E-state index is -1.93. The van der Waals surface area contributed by atoms with E-state index in [1.807, 2.05) is 0 Å². The number of nitrogens with one attached hydrogen (secondary N) is 1. The molecule has 0 saturated carbocycles. The highest BCUT2D eigenvalue weighted by molar-refractivity contribution is 5.81. The summed E-state index contributed by atoms with van der Waals surface area (Å²) in [6.07, 6.45) is -6.92. The molecule has 7 N–H and O–H groups in total. The first-order valence-electron chi connectivity index (χ1n) is 6.75. The van der Waals surface area contributed by atoms with Crippen LogP contribution >= 0.6 is 0 Å². The summed E-state index contributed by atoms with van der Waals surface area (Å²) < 4.78 is 0. The molecule has 1 aromatic carbocycles. The van der Waals surface area contributed by atoms with E-state index in [2.05, 4.69) is 5.32 Å². The molecule has 0 aromatic heterocycles. The van der Waals surface area contributed by atoms with Gasteiger partial charge in [-0.3, -0.25) is 4.79 Å². The predicted molar refractivity (Wildman–Crippen MR) is 75.9 cm³/mol. The Morgan fingerprint density at radius 2 is 1.64 bits per heavy atom. The van der Waals surface area contributed by atoms with Crippen LogP contribution in [-0.2, 0) is 11.2 Å². The highest BCUT2D eigenvalue weighted by Gasteiger charge is 2.33. The molecule has 4 atom stereocenters. The number of rotatable bonds is 8. The molecule has 1 rings (SSSR count). The van der Waals surface area contributed by atoms with Gasteiger partial charge >= 0.3 is 0 Å². The van der Waals surface area contributed by atoms with Gasteiger partial charge in [0.15, 0.2) is 6.10 Å². The molecular weight excluding hydrogens is 294 g/mol. The molecule has 0 unspecified atom stereocenters. The van der Waals surface area contributed by atoms with E-state index < -0.39 is 36.9 Å². The van der Waals surface area contributed by atoms with Crippen LogP contribution in [0.15, 0.2) is 24.3 Å². The van der Waals surface area contributed by atoms with Crippen molar-refractivity contribution in [3.8, 4) is 5.75 Å². The molecule has 0 spiro atoms. The minimum absolute atomic E-state index is 0.128. The van der Waals surface area contributed by atoms with Crippen molar-refractivity contribution < 1.29 is 35.4 Å². The lowest BCUT2D eigenvalue weighted by molar-refractivity contribution is -0.148. The Balaban J connectivity index is 2.42. The highest BCUT2D eigenvalue weighted by atomic mass is 16.4. The van der Waals surface area contributed by atoms with Crippen LogP contribution in [0.5, 0.6) is 5.75 Å². The van der Waals surface area contributed by atoms with Gasteiger partial charge in [-0.25, -0.2) is 0 Å². The number of hydrogen-bond acceptors (Lipinski definition) is 7. The van der Waals surface area contributed by atoms with Gasteiger partial charge < -0.3 is 36.0 Å². The van der Waals surface area contributed by atoms with Gasteiger partial charge in [-0.15, -0.1) is 0 Å². The summed E-state index contributed by atoms with van der Waals surface area (Å²) >= 11 is 0. The lowest BCUT2D eigenvalue weighted by Crippen LogP contribution is -2.51. The van der Waals surface area contributed by atoms with Crippen molar-refractivity contribution in [1.29, 1.82) is 0 Å². The van der Waals surface area contributed by atoms with Crippen LogP contribution in [-0.4, -0.2) is 74.1 Å². The van der Waals surface area contributed by atoms with Crippen LogP contribution < -0.4 is 5.32 Å². The summed E-state index contributed by atoms with van der Waals surface area (Å²) in [4.78, 5) is 11.6. The first-order chi connectivity index (χ1) is 10.4. The van der Waals surface area contributed by atoms with Gasteiger partial charge in [0, 0.05) is 6.54 Å². The second-order valence-electron chi connectivity index (χ2n) is 4.88. The molecule has 22 heavy (non-hydrogen) atoms. The Labute approximate surface area is 127 Å². The van der Waals surface area contributed by atoms with Crippen molar-refractivity contribution in [2.45, 2.75) is 30.8 Å². The second-order valence-corrected chi connectivity index (χ2v) is 4.88. The van der Waals surface area contributed by atoms with E-state index in [1.165, 1.54) is 12.1 Å². The normalized spacial score (nSPS) is 16.6. The Kier molecular flexibility index (Phi) is 7.22. The lowest BCUT2D eigenvalue weighted by atomic mass is 10.0. The molecule has 0 aliphatic heterocycles. The molecule has 1 amide bonds. The number of phenols is 1. The van der Waals surface area contributed by atoms with Crippen LogP contribution in [0.25, 0.3) is 0 Å². The Morgan fingerprint density at radius 1 is 1.05 bits per heavy atom. The average Bonchev–Trinajstić information content (AvgIpc) is 2.53. The largest absolute Gasteiger partial charge is 0.508 e. The number of aliphatic hydroxyl groups is 5. The summed E-state index contributed by atoms with van der Waals surface area (Å²) in [5.74, 6) is -0.779. The molecule has 8 heteroatoms. The van der Waals surface area contributed by atoms with E-state index in [0.717, 1.165) is 5.56 Å². The number of carbonyl (C=O) groups is 1. The third-order valence-corrected chi connectivity index (χ3v) is 3.17. The summed E-state index contributed by atoms with van der Waals surface area (Å²) in [5.41, 5.74) is 0.851. The fourth-order valence-corrected chi connectivity index (χ4v) is 1.77. The molecule has 1 aromatic rings. The highest BCUT2D eigenvalue weighted by Crippen LogP contribution is 2.10. The van der Waals surface area contributed by atoms with Gasteiger partial charge in [0.1, 0.15) is 24.1 Å². The maximum atomic E-state index is 11.6. The quantitative estimate of drug-likeness (QED) is 0.280. The zero-order chi connectivity index (χ0) is 16.7. The van der Waals surface area contributed by atoms with E-state index in [1.54, 1.807) is 12.1 Å². The summed E-state index contributed by atoms with van der Waals surface area (Å²) in [6.45, 7) is -0.639. The zero-order valence-electron chi connectivity index (χ0n) is 11.8. The molecule has 0 heterocycles. The Morgan fingerprint density at radius 3 is 2.18 bits per heavy atom. The second kappa shape index (κ2) is 8.66. The summed E-state index contributed by atoms with van der Waals surface area (Å²) in [7, 11) is 0. The molecule has 0 saturated heterocycles. The molecular formula is C14H21NO7. The van der Waals surface area contributed by atoms with Gasteiger partial charge in [0.25, 0.3) is 5.91 Å². The van der Waals surface area contributed by atoms with Crippen molar-refractivity contribution >= 4 is 5.91 Å². The number of hydrogen-bond donors (Lipinski definition) is 7. The Bertz CT molecular complexity index is 465. The third-order valence-electron chi connectivity index (χ3n) is 3.17. The van der Waals surface area contributed by atoms with Gasteiger partial charge in [0.05, 0.1) is 6.61 Å². The maximum absolute atomic E-state index is 11.6. The van der Waals surface area contributed by atoms with Gasteiger partial charge in [-0.1, -0.05) is 12.1 Å². The van der Waals surface area contributed by atoms with E-state index in [-0.39, 0.29) is 12.3 Å². The fourth-order valence-electron chi connectivity index (χ4n) is 1.77. The first-order valence-corrected chi connectivity index (χ1v) is 6.75. The molecule has 0 aliphatic rings. The van der Waals surface area contributed by atoms with Gasteiger partial charge in [0.2, 0.25) is 0 Å². The topological polar surface area (TPSA) is 150 Å². The molecule has 0 aliphatic carbocycles. The van der Waals surface area contributed by atoms with Crippen LogP contribution in [0.1, 0.15) is 5.56 Å². The fraction of sp³-hybridized carbons (Fsp3) is 0.500. The molecule has 0 bridgehead atoms. The van der Waals surface area contributed by atoms with Crippen LogP contribution in [0.4, 0.5) is 0 Å². The summed E-state index contributed by atoms with van der Waals surface area (Å²) in [6, 6.07) is 6.35. The SMILES string of the molecule is O=C(NCCc1ccc(O)cc1)[C@H](O)[C@@H](O)[C@H](O)[C@H](O)CO.